The lowest BCUT2D eigenvalue weighted by atomic mass is 10.0. The molecule has 1 saturated carbocycles. The standard InChI is InChI=1S/C22H25N3O4/c1-14(2)15-7-11-19(12-8-15)29-13-20(26)24-25-22(28)17-5-9-18(10-6-17)23-21(27)16-3-4-16/h5-12,14,16H,3-4,13H2,1-2H3,(H,23,27)(H,24,26)(H,25,28). The van der Waals surface area contributed by atoms with Crippen molar-refractivity contribution in [3.05, 3.63) is 59.7 Å². The summed E-state index contributed by atoms with van der Waals surface area (Å²) in [5.41, 5.74) is 6.85. The van der Waals surface area contributed by atoms with E-state index in [2.05, 4.69) is 30.0 Å². The number of hydrogen-bond donors (Lipinski definition) is 3. The first kappa shape index (κ1) is 20.4. The van der Waals surface area contributed by atoms with Gasteiger partial charge in [-0.2, -0.15) is 0 Å². The second-order valence-electron chi connectivity index (χ2n) is 7.36. The fraction of sp³-hybridized carbons (Fsp3) is 0.318. The number of nitrogens with one attached hydrogen (secondary N) is 3. The monoisotopic (exact) mass is 395 g/mol. The molecule has 7 heteroatoms. The zero-order chi connectivity index (χ0) is 20.8. The number of rotatable bonds is 7. The van der Waals surface area contributed by atoms with E-state index in [1.54, 1.807) is 24.3 Å². The van der Waals surface area contributed by atoms with Crippen molar-refractivity contribution in [1.82, 2.24) is 10.9 Å². The number of amides is 3. The number of hydrogen-bond acceptors (Lipinski definition) is 4. The molecule has 0 unspecified atom stereocenters. The van der Waals surface area contributed by atoms with Gasteiger partial charge in [-0.15, -0.1) is 0 Å². The number of benzene rings is 2. The molecule has 0 atom stereocenters. The minimum atomic E-state index is -0.473. The maximum absolute atomic E-state index is 12.1. The lowest BCUT2D eigenvalue weighted by molar-refractivity contribution is -0.123. The number of carbonyl (C=O) groups is 3. The van der Waals surface area contributed by atoms with Crippen LogP contribution in [-0.2, 0) is 9.59 Å². The van der Waals surface area contributed by atoms with Crippen LogP contribution in [0, 0.1) is 5.92 Å². The smallest absolute Gasteiger partial charge is 0.276 e. The van der Waals surface area contributed by atoms with Crippen LogP contribution in [0.4, 0.5) is 5.69 Å². The molecule has 3 N–H and O–H groups in total. The molecule has 0 radical (unpaired) electrons. The highest BCUT2D eigenvalue weighted by molar-refractivity contribution is 5.97. The average molecular weight is 395 g/mol. The Morgan fingerprint density at radius 2 is 1.62 bits per heavy atom. The zero-order valence-electron chi connectivity index (χ0n) is 16.5. The predicted molar refractivity (Wildman–Crippen MR) is 109 cm³/mol. The molecule has 3 rings (SSSR count). The number of anilines is 1. The van der Waals surface area contributed by atoms with Crippen molar-refractivity contribution in [2.45, 2.75) is 32.6 Å². The van der Waals surface area contributed by atoms with Gasteiger partial charge in [0.15, 0.2) is 6.61 Å². The summed E-state index contributed by atoms with van der Waals surface area (Å²) in [5, 5.41) is 2.81. The lowest BCUT2D eigenvalue weighted by Gasteiger charge is -2.10. The summed E-state index contributed by atoms with van der Waals surface area (Å²) >= 11 is 0. The van der Waals surface area contributed by atoms with Crippen molar-refractivity contribution in [2.75, 3.05) is 11.9 Å². The van der Waals surface area contributed by atoms with Gasteiger partial charge in [-0.1, -0.05) is 26.0 Å². The first-order valence-corrected chi connectivity index (χ1v) is 9.65. The van der Waals surface area contributed by atoms with Crippen LogP contribution in [0.25, 0.3) is 0 Å². The molecule has 0 spiro atoms. The van der Waals surface area contributed by atoms with Crippen molar-refractivity contribution in [3.63, 3.8) is 0 Å². The third-order valence-corrected chi connectivity index (χ3v) is 4.59. The first-order valence-electron chi connectivity index (χ1n) is 9.65. The molecule has 2 aromatic carbocycles. The fourth-order valence-corrected chi connectivity index (χ4v) is 2.63. The maximum atomic E-state index is 12.1. The minimum absolute atomic E-state index is 0.00770. The van der Waals surface area contributed by atoms with Crippen LogP contribution in [-0.4, -0.2) is 24.3 Å². The van der Waals surface area contributed by atoms with Crippen LogP contribution in [0.2, 0.25) is 0 Å². The summed E-state index contributed by atoms with van der Waals surface area (Å²) in [4.78, 5) is 35.7. The molecule has 152 valence electrons. The molecule has 3 amide bonds. The van der Waals surface area contributed by atoms with Gasteiger partial charge in [0.2, 0.25) is 5.91 Å². The topological polar surface area (TPSA) is 96.5 Å². The molecule has 2 aromatic rings. The van der Waals surface area contributed by atoms with Gasteiger partial charge in [-0.25, -0.2) is 0 Å². The van der Waals surface area contributed by atoms with Gasteiger partial charge in [0.1, 0.15) is 5.75 Å². The summed E-state index contributed by atoms with van der Waals surface area (Å²) in [5.74, 6) is 0.196. The number of ether oxygens (including phenoxy) is 1. The minimum Gasteiger partial charge on any atom is -0.484 e. The van der Waals surface area contributed by atoms with E-state index in [0.717, 1.165) is 12.8 Å². The highest BCUT2D eigenvalue weighted by atomic mass is 16.5. The fourth-order valence-electron chi connectivity index (χ4n) is 2.63. The Morgan fingerprint density at radius 1 is 0.966 bits per heavy atom. The number of hydrazine groups is 1. The highest BCUT2D eigenvalue weighted by Gasteiger charge is 2.29. The van der Waals surface area contributed by atoms with Gasteiger partial charge in [-0.05, 0) is 60.7 Å². The second kappa shape index (κ2) is 9.23. The average Bonchev–Trinajstić information content (AvgIpc) is 3.57. The Morgan fingerprint density at radius 3 is 2.21 bits per heavy atom. The molecule has 1 aliphatic rings. The molecule has 0 saturated heterocycles. The Hall–Kier alpha value is -3.35. The molecule has 0 heterocycles. The lowest BCUT2D eigenvalue weighted by Crippen LogP contribution is -2.43. The quantitative estimate of drug-likeness (QED) is 0.628. The second-order valence-corrected chi connectivity index (χ2v) is 7.36. The van der Waals surface area contributed by atoms with Gasteiger partial charge in [0, 0.05) is 17.2 Å². The molecule has 0 bridgehead atoms. The van der Waals surface area contributed by atoms with Gasteiger partial charge in [0.05, 0.1) is 0 Å². The molecule has 0 aromatic heterocycles. The van der Waals surface area contributed by atoms with Gasteiger partial charge in [-0.3, -0.25) is 25.2 Å². The summed E-state index contributed by atoms with van der Waals surface area (Å²) in [6, 6.07) is 14.0. The van der Waals surface area contributed by atoms with Crippen LogP contribution in [0.5, 0.6) is 5.75 Å². The Kier molecular flexibility index (Phi) is 6.49. The van der Waals surface area contributed by atoms with Crippen molar-refractivity contribution >= 4 is 23.4 Å². The van der Waals surface area contributed by atoms with Gasteiger partial charge >= 0.3 is 0 Å². The van der Waals surface area contributed by atoms with E-state index in [4.69, 9.17) is 4.74 Å². The SMILES string of the molecule is CC(C)c1ccc(OCC(=O)NNC(=O)c2ccc(NC(=O)C3CC3)cc2)cc1. The maximum Gasteiger partial charge on any atom is 0.276 e. The Balaban J connectivity index is 1.41. The molecule has 7 nitrogen and oxygen atoms in total. The van der Waals surface area contributed by atoms with Crippen LogP contribution in [0.15, 0.2) is 48.5 Å². The van der Waals surface area contributed by atoms with E-state index < -0.39 is 11.8 Å². The third-order valence-electron chi connectivity index (χ3n) is 4.59. The zero-order valence-corrected chi connectivity index (χ0v) is 16.5. The molecule has 1 aliphatic carbocycles. The van der Waals surface area contributed by atoms with Crippen molar-refractivity contribution in [3.8, 4) is 5.75 Å². The van der Waals surface area contributed by atoms with E-state index in [1.807, 2.05) is 24.3 Å². The normalized spacial score (nSPS) is 12.9. The van der Waals surface area contributed by atoms with E-state index in [-0.39, 0.29) is 18.4 Å². The summed E-state index contributed by atoms with van der Waals surface area (Å²) in [6.07, 6.45) is 1.86. The van der Waals surface area contributed by atoms with Gasteiger partial charge in [0.25, 0.3) is 11.8 Å². The highest BCUT2D eigenvalue weighted by Crippen LogP contribution is 2.30. The Labute approximate surface area is 169 Å². The first-order chi connectivity index (χ1) is 13.9. The van der Waals surface area contributed by atoms with Crippen LogP contribution in [0.1, 0.15) is 48.5 Å². The van der Waals surface area contributed by atoms with Gasteiger partial charge < -0.3 is 10.1 Å². The molecular weight excluding hydrogens is 370 g/mol. The third kappa shape index (κ3) is 6.07. The Bertz CT molecular complexity index is 872. The summed E-state index contributed by atoms with van der Waals surface area (Å²) in [7, 11) is 0. The van der Waals surface area contributed by atoms with Crippen LogP contribution < -0.4 is 20.9 Å². The molecule has 0 aliphatic heterocycles. The molecule has 1 fully saturated rings. The van der Waals surface area contributed by atoms with E-state index in [1.165, 1.54) is 5.56 Å². The van der Waals surface area contributed by atoms with E-state index in [0.29, 0.717) is 22.9 Å². The van der Waals surface area contributed by atoms with Crippen molar-refractivity contribution in [1.29, 1.82) is 0 Å². The predicted octanol–water partition coefficient (Wildman–Crippen LogP) is 3.00. The van der Waals surface area contributed by atoms with E-state index >= 15 is 0 Å². The van der Waals surface area contributed by atoms with E-state index in [9.17, 15) is 14.4 Å². The van der Waals surface area contributed by atoms with Crippen molar-refractivity contribution in [2.24, 2.45) is 5.92 Å². The summed E-state index contributed by atoms with van der Waals surface area (Å²) < 4.78 is 5.41. The largest absolute Gasteiger partial charge is 0.484 e. The van der Waals surface area contributed by atoms with Crippen molar-refractivity contribution < 1.29 is 19.1 Å². The molecular formula is C22H25N3O4. The van der Waals surface area contributed by atoms with Crippen LogP contribution >= 0.6 is 0 Å². The number of carbonyl (C=O) groups excluding carboxylic acids is 3. The summed E-state index contributed by atoms with van der Waals surface area (Å²) in [6.45, 7) is 3.99. The van der Waals surface area contributed by atoms with Crippen LogP contribution in [0.3, 0.4) is 0 Å². The molecule has 29 heavy (non-hydrogen) atoms.